The van der Waals surface area contributed by atoms with Gasteiger partial charge in [0, 0.05) is 12.3 Å². The summed E-state index contributed by atoms with van der Waals surface area (Å²) in [5, 5.41) is 10.9. The molecule has 0 heterocycles. The molecule has 0 spiro atoms. The lowest BCUT2D eigenvalue weighted by Gasteiger charge is -2.43. The average molecular weight is 406 g/mol. The molecule has 0 amide bonds. The lowest BCUT2D eigenvalue weighted by Crippen LogP contribution is -2.55. The Bertz CT molecular complexity index is 723. The molecule has 7 nitrogen and oxygen atoms in total. The normalized spacial score (nSPS) is 26.7. The van der Waals surface area contributed by atoms with Crippen molar-refractivity contribution in [3.63, 3.8) is 0 Å². The summed E-state index contributed by atoms with van der Waals surface area (Å²) in [6, 6.07) is 6.87. The smallest absolute Gasteiger partial charge is 0.317 e. The molecule has 29 heavy (non-hydrogen) atoms. The lowest BCUT2D eigenvalue weighted by atomic mass is 9.61. The molecule has 4 atom stereocenters. The van der Waals surface area contributed by atoms with E-state index in [9.17, 15) is 19.5 Å². The largest absolute Gasteiger partial charge is 0.494 e. The maximum absolute atomic E-state index is 12.8. The number of esters is 2. The SMILES string of the molecule is CCCOc1ccc([C@H]2[C@@H](C(=O)OCC)C(=O)C[C@@](C)(O)[C@@H]2C(=O)OCC)cc1. The summed E-state index contributed by atoms with van der Waals surface area (Å²) in [7, 11) is 0. The predicted molar refractivity (Wildman–Crippen MR) is 105 cm³/mol. The summed E-state index contributed by atoms with van der Waals surface area (Å²) in [5.74, 6) is -4.32. The van der Waals surface area contributed by atoms with Crippen LogP contribution in [0.5, 0.6) is 5.75 Å². The number of carbonyl (C=O) groups is 3. The molecule has 0 bridgehead atoms. The molecule has 7 heteroatoms. The zero-order valence-corrected chi connectivity index (χ0v) is 17.5. The average Bonchev–Trinajstić information content (AvgIpc) is 2.65. The van der Waals surface area contributed by atoms with Crippen LogP contribution >= 0.6 is 0 Å². The van der Waals surface area contributed by atoms with Crippen LogP contribution in [0.1, 0.15) is 52.0 Å². The van der Waals surface area contributed by atoms with Gasteiger partial charge < -0.3 is 19.3 Å². The number of benzene rings is 1. The van der Waals surface area contributed by atoms with Crippen LogP contribution in [-0.2, 0) is 23.9 Å². The molecule has 1 saturated carbocycles. The van der Waals surface area contributed by atoms with Crippen molar-refractivity contribution in [1.82, 2.24) is 0 Å². The van der Waals surface area contributed by atoms with Gasteiger partial charge in [-0.2, -0.15) is 0 Å². The third-order valence-electron chi connectivity index (χ3n) is 5.09. The van der Waals surface area contributed by atoms with Gasteiger partial charge in [-0.15, -0.1) is 0 Å². The van der Waals surface area contributed by atoms with E-state index in [4.69, 9.17) is 14.2 Å². The van der Waals surface area contributed by atoms with Gasteiger partial charge in [0.25, 0.3) is 0 Å². The Hall–Kier alpha value is -2.41. The number of carbonyl (C=O) groups excluding carboxylic acids is 3. The fourth-order valence-electron chi connectivity index (χ4n) is 3.89. The van der Waals surface area contributed by atoms with E-state index in [1.807, 2.05) is 6.92 Å². The Morgan fingerprint density at radius 1 is 1.07 bits per heavy atom. The monoisotopic (exact) mass is 406 g/mol. The molecule has 0 radical (unpaired) electrons. The number of ether oxygens (including phenoxy) is 3. The zero-order valence-electron chi connectivity index (χ0n) is 17.5. The number of aliphatic hydroxyl groups is 1. The van der Waals surface area contributed by atoms with Gasteiger partial charge in [0.1, 0.15) is 11.7 Å². The van der Waals surface area contributed by atoms with E-state index in [0.717, 1.165) is 6.42 Å². The first-order chi connectivity index (χ1) is 13.8. The third-order valence-corrected chi connectivity index (χ3v) is 5.09. The van der Waals surface area contributed by atoms with Gasteiger partial charge in [0.15, 0.2) is 5.78 Å². The van der Waals surface area contributed by atoms with Crippen molar-refractivity contribution in [3.05, 3.63) is 29.8 Å². The molecule has 1 N–H and O–H groups in total. The van der Waals surface area contributed by atoms with Gasteiger partial charge in [0.05, 0.1) is 31.3 Å². The van der Waals surface area contributed by atoms with Gasteiger partial charge in [-0.25, -0.2) is 0 Å². The minimum atomic E-state index is -1.64. The van der Waals surface area contributed by atoms with Crippen LogP contribution in [-0.4, -0.2) is 48.3 Å². The second-order valence-electron chi connectivity index (χ2n) is 7.40. The van der Waals surface area contributed by atoms with Crippen LogP contribution in [0, 0.1) is 11.8 Å². The Balaban J connectivity index is 2.52. The molecule has 0 aromatic heterocycles. The highest BCUT2D eigenvalue weighted by molar-refractivity contribution is 6.02. The van der Waals surface area contributed by atoms with Crippen LogP contribution in [0.3, 0.4) is 0 Å². The fraction of sp³-hybridized carbons (Fsp3) is 0.591. The minimum absolute atomic E-state index is 0.111. The lowest BCUT2D eigenvalue weighted by molar-refractivity contribution is -0.172. The Morgan fingerprint density at radius 3 is 2.21 bits per heavy atom. The van der Waals surface area contributed by atoms with E-state index in [1.54, 1.807) is 38.1 Å². The van der Waals surface area contributed by atoms with E-state index >= 15 is 0 Å². The van der Waals surface area contributed by atoms with E-state index in [2.05, 4.69) is 0 Å². The Morgan fingerprint density at radius 2 is 1.66 bits per heavy atom. The van der Waals surface area contributed by atoms with Crippen LogP contribution in [0.2, 0.25) is 0 Å². The van der Waals surface area contributed by atoms with Crippen molar-refractivity contribution in [1.29, 1.82) is 0 Å². The Kier molecular flexibility index (Phi) is 7.79. The zero-order chi connectivity index (χ0) is 21.6. The summed E-state index contributed by atoms with van der Waals surface area (Å²) in [6.45, 7) is 7.54. The van der Waals surface area contributed by atoms with Crippen molar-refractivity contribution in [3.8, 4) is 5.75 Å². The van der Waals surface area contributed by atoms with Crippen LogP contribution in [0.4, 0.5) is 0 Å². The summed E-state index contributed by atoms with van der Waals surface area (Å²) >= 11 is 0. The first-order valence-corrected chi connectivity index (χ1v) is 10.1. The maximum atomic E-state index is 12.8. The first kappa shape index (κ1) is 22.9. The van der Waals surface area contributed by atoms with Gasteiger partial charge in [-0.3, -0.25) is 14.4 Å². The highest BCUT2D eigenvalue weighted by atomic mass is 16.5. The molecule has 1 aliphatic carbocycles. The molecule has 1 aromatic carbocycles. The van der Waals surface area contributed by atoms with E-state index < -0.39 is 41.1 Å². The maximum Gasteiger partial charge on any atom is 0.317 e. The van der Waals surface area contributed by atoms with E-state index in [0.29, 0.717) is 17.9 Å². The van der Waals surface area contributed by atoms with E-state index in [1.165, 1.54) is 6.92 Å². The topological polar surface area (TPSA) is 99.1 Å². The second-order valence-corrected chi connectivity index (χ2v) is 7.40. The van der Waals surface area contributed by atoms with Gasteiger partial charge in [0.2, 0.25) is 0 Å². The summed E-state index contributed by atoms with van der Waals surface area (Å²) in [6.07, 6.45) is 0.533. The van der Waals surface area contributed by atoms with Crippen molar-refractivity contribution in [2.45, 2.75) is 52.1 Å². The minimum Gasteiger partial charge on any atom is -0.494 e. The molecule has 2 rings (SSSR count). The molecular formula is C22H30O7. The van der Waals surface area contributed by atoms with Crippen molar-refractivity contribution >= 4 is 17.7 Å². The number of hydrogen-bond donors (Lipinski definition) is 1. The number of ketones is 1. The fourth-order valence-corrected chi connectivity index (χ4v) is 3.89. The molecule has 1 fully saturated rings. The van der Waals surface area contributed by atoms with Crippen molar-refractivity contribution < 1.29 is 33.7 Å². The molecule has 0 unspecified atom stereocenters. The van der Waals surface area contributed by atoms with E-state index in [-0.39, 0.29) is 19.6 Å². The van der Waals surface area contributed by atoms with Crippen LogP contribution in [0.15, 0.2) is 24.3 Å². The van der Waals surface area contributed by atoms with Crippen LogP contribution in [0.25, 0.3) is 0 Å². The summed E-state index contributed by atoms with van der Waals surface area (Å²) < 4.78 is 15.9. The molecule has 1 aromatic rings. The summed E-state index contributed by atoms with van der Waals surface area (Å²) in [4.78, 5) is 38.2. The highest BCUT2D eigenvalue weighted by Crippen LogP contribution is 2.47. The van der Waals surface area contributed by atoms with Crippen molar-refractivity contribution in [2.75, 3.05) is 19.8 Å². The Labute approximate surface area is 171 Å². The second kappa shape index (κ2) is 9.87. The predicted octanol–water partition coefficient (Wildman–Crippen LogP) is 2.64. The highest BCUT2D eigenvalue weighted by Gasteiger charge is 2.57. The first-order valence-electron chi connectivity index (χ1n) is 10.1. The number of rotatable bonds is 8. The van der Waals surface area contributed by atoms with Crippen LogP contribution < -0.4 is 4.74 Å². The quantitative estimate of drug-likeness (QED) is 0.523. The number of Topliss-reactive ketones (excluding diaryl/α,β-unsaturated/α-hetero) is 1. The molecular weight excluding hydrogens is 376 g/mol. The van der Waals surface area contributed by atoms with Gasteiger partial charge >= 0.3 is 11.9 Å². The molecule has 0 aliphatic heterocycles. The standard InChI is InChI=1S/C22H30O7/c1-5-12-29-15-10-8-14(9-11-15)17-18(20(24)27-6-2)16(23)13-22(4,26)19(17)21(25)28-7-3/h8-11,17-19,26H,5-7,12-13H2,1-4H3/t17-,18-,19-,22+/m0/s1. The summed E-state index contributed by atoms with van der Waals surface area (Å²) in [5.41, 5.74) is -1.08. The van der Waals surface area contributed by atoms with Gasteiger partial charge in [-0.1, -0.05) is 19.1 Å². The molecule has 160 valence electrons. The molecule has 0 saturated heterocycles. The van der Waals surface area contributed by atoms with Gasteiger partial charge in [-0.05, 0) is 44.9 Å². The van der Waals surface area contributed by atoms with Crippen molar-refractivity contribution in [2.24, 2.45) is 11.8 Å². The molecule has 1 aliphatic rings. The third kappa shape index (κ3) is 5.15. The number of hydrogen-bond acceptors (Lipinski definition) is 7.